The van der Waals surface area contributed by atoms with Crippen LogP contribution in [0, 0.1) is 51.2 Å². The Balaban J connectivity index is 0.998. The molecule has 4 heterocycles. The van der Waals surface area contributed by atoms with Gasteiger partial charge in [-0.15, -0.1) is 0 Å². The molecule has 0 radical (unpaired) electrons. The number of esters is 2. The summed E-state index contributed by atoms with van der Waals surface area (Å²) in [5.74, 6) is -1.91. The van der Waals surface area contributed by atoms with Gasteiger partial charge in [0.05, 0.1) is 37.3 Å². The molecule has 8 rings (SSSR count). The van der Waals surface area contributed by atoms with Crippen LogP contribution in [0.3, 0.4) is 0 Å². The third-order valence-corrected chi connectivity index (χ3v) is 18.8. The van der Waals surface area contributed by atoms with Crippen LogP contribution >= 0.6 is 0 Å². The zero-order valence-electron chi connectivity index (χ0n) is 39.3. The van der Waals surface area contributed by atoms with Crippen molar-refractivity contribution in [2.24, 2.45) is 51.2 Å². The van der Waals surface area contributed by atoms with Gasteiger partial charge in [-0.05, 0) is 100 Å². The van der Waals surface area contributed by atoms with E-state index in [1.807, 2.05) is 13.8 Å². The maximum absolute atomic E-state index is 15.0. The van der Waals surface area contributed by atoms with Gasteiger partial charge < -0.3 is 84.2 Å². The molecular weight excluding hydrogens is 881 g/mol. The summed E-state index contributed by atoms with van der Waals surface area (Å²) in [6.07, 6.45) is -22.1. The molecule has 0 aromatic rings. The van der Waals surface area contributed by atoms with Gasteiger partial charge >= 0.3 is 11.9 Å². The summed E-state index contributed by atoms with van der Waals surface area (Å²) in [6, 6.07) is 0. The number of hydrogen-bond acceptors (Lipinski definition) is 19. The second kappa shape index (κ2) is 18.5. The average molecular weight is 955 g/mol. The van der Waals surface area contributed by atoms with Crippen molar-refractivity contribution in [1.82, 2.24) is 0 Å². The highest BCUT2D eigenvalue weighted by Crippen LogP contribution is 2.77. The van der Waals surface area contributed by atoms with Gasteiger partial charge in [0.2, 0.25) is 6.29 Å². The van der Waals surface area contributed by atoms with Gasteiger partial charge in [-0.1, -0.05) is 45.1 Å². The van der Waals surface area contributed by atoms with E-state index in [4.69, 9.17) is 33.2 Å². The van der Waals surface area contributed by atoms with Crippen molar-refractivity contribution >= 4 is 11.9 Å². The molecule has 4 saturated heterocycles. The molecule has 0 aromatic carbocycles. The minimum atomic E-state index is -1.89. The predicted molar refractivity (Wildman–Crippen MR) is 230 cm³/mol. The largest absolute Gasteiger partial charge is 0.462 e. The summed E-state index contributed by atoms with van der Waals surface area (Å²) in [5, 5.41) is 108. The fourth-order valence-corrected chi connectivity index (χ4v) is 15.0. The van der Waals surface area contributed by atoms with Gasteiger partial charge in [0.25, 0.3) is 0 Å². The second-order valence-corrected chi connectivity index (χ2v) is 22.1. The van der Waals surface area contributed by atoms with Gasteiger partial charge in [-0.3, -0.25) is 9.59 Å². The molecule has 19 heteroatoms. The third kappa shape index (κ3) is 7.98. The number of aliphatic hydroxyl groups excluding tert-OH is 10. The minimum Gasteiger partial charge on any atom is -0.462 e. The molecule has 8 aliphatic rings. The van der Waals surface area contributed by atoms with E-state index in [0.29, 0.717) is 32.1 Å². The maximum atomic E-state index is 15.0. The van der Waals surface area contributed by atoms with Gasteiger partial charge in [0, 0.05) is 11.3 Å². The van der Waals surface area contributed by atoms with Gasteiger partial charge in [0.15, 0.2) is 12.6 Å². The molecule has 4 aliphatic carbocycles. The summed E-state index contributed by atoms with van der Waals surface area (Å²) < 4.78 is 41.0. The van der Waals surface area contributed by atoms with E-state index in [1.165, 1.54) is 6.92 Å². The summed E-state index contributed by atoms with van der Waals surface area (Å²) in [7, 11) is 0. The molecule has 0 aromatic heterocycles. The molecule has 4 aliphatic heterocycles. The van der Waals surface area contributed by atoms with Gasteiger partial charge in [0.1, 0.15) is 73.2 Å². The van der Waals surface area contributed by atoms with Crippen LogP contribution in [-0.4, -0.2) is 181 Å². The normalized spacial score (nSPS) is 54.1. The Kier molecular flexibility index (Phi) is 14.1. The summed E-state index contributed by atoms with van der Waals surface area (Å²) >= 11 is 0. The lowest BCUT2D eigenvalue weighted by Crippen LogP contribution is -2.69. The molecule has 0 bridgehead atoms. The molecule has 0 spiro atoms. The first-order valence-electron chi connectivity index (χ1n) is 24.1. The number of hydrogen-bond donors (Lipinski definition) is 10. The lowest BCUT2D eigenvalue weighted by molar-refractivity contribution is -0.361. The van der Waals surface area contributed by atoms with Crippen LogP contribution in [0.2, 0.25) is 0 Å². The summed E-state index contributed by atoms with van der Waals surface area (Å²) in [4.78, 5) is 28.5. The number of ether oxygens (including phenoxy) is 7. The number of rotatable bonds is 10. The SMILES string of the molecule is C=C(C)[C@@H]1CC[C@]2(C(=O)O[C@@H]3O[C@H](CO[C@@H]4O[C@H](CO)[C@@H](O[C@H]5O[C@H](C)[C@@H](O)[C@H](O)[C@@H]5O)[C@H](O)[C@H]4O)[C@@H](O)[C@H](O)[C@H]3O)CC[C@]3(C)[C@H](C[C@@H]4OC(=O)C[C@@H](O)[C@]5(C)[C@H](C(=C)C)CC[C@]3(C)[C@@H]45)[C@H]12. The van der Waals surface area contributed by atoms with Gasteiger partial charge in [-0.25, -0.2) is 0 Å². The van der Waals surface area contributed by atoms with Crippen molar-refractivity contribution in [3.8, 4) is 0 Å². The molecule has 4 saturated carbocycles. The highest BCUT2D eigenvalue weighted by atomic mass is 16.8. The van der Waals surface area contributed by atoms with Crippen LogP contribution in [0.5, 0.6) is 0 Å². The topological polar surface area (TPSA) is 301 Å². The fourth-order valence-electron chi connectivity index (χ4n) is 15.0. The van der Waals surface area contributed by atoms with E-state index >= 15 is 4.79 Å². The molecule has 26 atom stereocenters. The Labute approximate surface area is 391 Å². The number of carbonyl (C=O) groups is 2. The minimum absolute atomic E-state index is 0.0263. The Morgan fingerprint density at radius 1 is 0.731 bits per heavy atom. The summed E-state index contributed by atoms with van der Waals surface area (Å²) in [5.41, 5.74) is -0.717. The second-order valence-electron chi connectivity index (χ2n) is 22.1. The van der Waals surface area contributed by atoms with Crippen molar-refractivity contribution in [3.63, 3.8) is 0 Å². The zero-order valence-corrected chi connectivity index (χ0v) is 39.3. The van der Waals surface area contributed by atoms with Crippen LogP contribution in [0.15, 0.2) is 24.3 Å². The smallest absolute Gasteiger partial charge is 0.314 e. The van der Waals surface area contributed by atoms with Crippen molar-refractivity contribution in [1.29, 1.82) is 0 Å². The highest BCUT2D eigenvalue weighted by molar-refractivity contribution is 5.78. The quantitative estimate of drug-likeness (QED) is 0.0994. The molecule has 0 unspecified atom stereocenters. The molecule has 67 heavy (non-hydrogen) atoms. The monoisotopic (exact) mass is 954 g/mol. The van der Waals surface area contributed by atoms with E-state index in [0.717, 1.165) is 24.0 Å². The van der Waals surface area contributed by atoms with Crippen molar-refractivity contribution in [3.05, 3.63) is 24.3 Å². The molecule has 0 amide bonds. The molecule has 8 fully saturated rings. The van der Waals surface area contributed by atoms with Crippen LogP contribution < -0.4 is 0 Å². The maximum Gasteiger partial charge on any atom is 0.314 e. The van der Waals surface area contributed by atoms with Crippen LogP contribution in [0.25, 0.3) is 0 Å². The van der Waals surface area contributed by atoms with E-state index in [2.05, 4.69) is 33.9 Å². The Morgan fingerprint density at radius 2 is 1.37 bits per heavy atom. The molecule has 380 valence electrons. The first kappa shape index (κ1) is 51.2. The number of carbonyl (C=O) groups excluding carboxylic acids is 2. The zero-order chi connectivity index (χ0) is 49.0. The predicted octanol–water partition coefficient (Wildman–Crippen LogP) is -0.294. The molecule has 10 N–H and O–H groups in total. The van der Waals surface area contributed by atoms with Crippen LogP contribution in [0.1, 0.15) is 92.9 Å². The van der Waals surface area contributed by atoms with Crippen molar-refractivity contribution in [2.75, 3.05) is 13.2 Å². The lowest BCUT2D eigenvalue weighted by Gasteiger charge is -2.71. The van der Waals surface area contributed by atoms with Crippen LogP contribution in [-0.2, 0) is 42.7 Å². The van der Waals surface area contributed by atoms with E-state index in [-0.39, 0.29) is 41.4 Å². The van der Waals surface area contributed by atoms with Gasteiger partial charge in [-0.2, -0.15) is 0 Å². The fraction of sp³-hybridized carbons (Fsp3) is 0.875. The van der Waals surface area contributed by atoms with E-state index < -0.39 is 146 Å². The number of fused-ring (bicyclic) bond motifs is 4. The number of aliphatic hydroxyl groups is 10. The van der Waals surface area contributed by atoms with E-state index in [9.17, 15) is 55.9 Å². The average Bonchev–Trinajstić information content (AvgIpc) is 3.64. The van der Waals surface area contributed by atoms with Crippen molar-refractivity contribution in [2.45, 2.75) is 197 Å². The Hall–Kier alpha value is -2.18. The first-order chi connectivity index (χ1) is 31.4. The molecule has 19 nitrogen and oxygen atoms in total. The molecular formula is C48H74O19. The van der Waals surface area contributed by atoms with Crippen molar-refractivity contribution < 1.29 is 93.8 Å². The Morgan fingerprint density at radius 3 is 2.03 bits per heavy atom. The summed E-state index contributed by atoms with van der Waals surface area (Å²) in [6.45, 7) is 19.3. The number of allylic oxidation sites excluding steroid dienone is 2. The van der Waals surface area contributed by atoms with Crippen LogP contribution in [0.4, 0.5) is 0 Å². The highest BCUT2D eigenvalue weighted by Gasteiger charge is 2.75. The first-order valence-corrected chi connectivity index (χ1v) is 24.1. The lowest BCUT2D eigenvalue weighted by atomic mass is 9.33. The Bertz CT molecular complexity index is 1880. The van der Waals surface area contributed by atoms with E-state index in [1.54, 1.807) is 0 Å². The standard InChI is InChI=1S/C48H74O19/c1-19(2)22-9-12-48(14-13-45(6)24(30(22)48)15-25-40-46(45,7)11-10-23(20(3)4)47(40,8)28(50)16-29(51)63-25)44(60)67-43-37(58)34(55)32(53)27(65-43)18-61-41-38(59)35(56)39(26(17-49)64-41)66-42-36(57)33(54)31(52)21(5)62-42/h21-28,30-43,49-50,52-59H,1,3,9-18H2,2,4-8H3/t21-,22+,23+,24-,25+,26-,27-,28-,30+,31-,32-,33+,34+,35-,36+,37-,38-,39-,40-,41-,42-,43+,45-,46-,47+,48+/m1/s1. The third-order valence-electron chi connectivity index (χ3n) is 18.8.